The third-order valence-corrected chi connectivity index (χ3v) is 4.96. The van der Waals surface area contributed by atoms with Crippen LogP contribution >= 0.6 is 0 Å². The third-order valence-electron chi connectivity index (χ3n) is 4.96. The summed E-state index contributed by atoms with van der Waals surface area (Å²) in [5.41, 5.74) is 8.00. The van der Waals surface area contributed by atoms with Crippen LogP contribution in [0.1, 0.15) is 46.6 Å². The van der Waals surface area contributed by atoms with Gasteiger partial charge in [0.15, 0.2) is 0 Å². The molecule has 1 aromatic carbocycles. The molecule has 2 aromatic rings. The Labute approximate surface area is 170 Å². The van der Waals surface area contributed by atoms with Crippen molar-refractivity contribution in [2.75, 3.05) is 20.2 Å². The van der Waals surface area contributed by atoms with Crippen molar-refractivity contribution in [1.82, 2.24) is 14.7 Å². The number of carbonyl (C=O) groups is 2. The van der Waals surface area contributed by atoms with Gasteiger partial charge in [0.1, 0.15) is 11.4 Å². The molecule has 1 saturated heterocycles. The van der Waals surface area contributed by atoms with Crippen molar-refractivity contribution >= 4 is 11.8 Å². The van der Waals surface area contributed by atoms with Crippen molar-refractivity contribution in [3.8, 4) is 17.6 Å². The van der Waals surface area contributed by atoms with Gasteiger partial charge in [-0.15, -0.1) is 0 Å². The van der Waals surface area contributed by atoms with Crippen LogP contribution in [-0.4, -0.2) is 46.7 Å². The number of aromatic nitrogens is 2. The van der Waals surface area contributed by atoms with E-state index in [2.05, 4.69) is 30.4 Å². The molecule has 1 aliphatic heterocycles. The number of aryl methyl sites for hydroxylation is 1. The fraction of sp³-hybridized carbons (Fsp3) is 0.318. The molecule has 2 heterocycles. The topological polar surface area (TPSA) is 90.5 Å². The minimum absolute atomic E-state index is 0.0314. The van der Waals surface area contributed by atoms with Crippen molar-refractivity contribution in [2.24, 2.45) is 5.73 Å². The number of primary amides is 1. The maximum atomic E-state index is 11.9. The van der Waals surface area contributed by atoms with E-state index < -0.39 is 5.91 Å². The third kappa shape index (κ3) is 4.49. The summed E-state index contributed by atoms with van der Waals surface area (Å²) in [6.45, 7) is 6.70. The average molecular weight is 392 g/mol. The Morgan fingerprint density at radius 2 is 2.17 bits per heavy atom. The number of carbonyl (C=O) groups excluding carboxylic acids is 2. The molecule has 1 atom stereocenters. The molecule has 1 aliphatic rings. The lowest BCUT2D eigenvalue weighted by molar-refractivity contribution is -0.125. The maximum Gasteiger partial charge on any atom is 0.253 e. The molecule has 0 radical (unpaired) electrons. The zero-order valence-corrected chi connectivity index (χ0v) is 16.6. The number of ether oxygens (including phenoxy) is 1. The van der Waals surface area contributed by atoms with Gasteiger partial charge >= 0.3 is 0 Å². The maximum absolute atomic E-state index is 11.9. The number of likely N-dealkylation sites (tertiary alicyclic amines) is 1. The lowest BCUT2D eigenvalue weighted by atomic mass is 10.1. The first kappa shape index (κ1) is 20.2. The number of rotatable bonds is 5. The second kappa shape index (κ2) is 8.65. The highest BCUT2D eigenvalue weighted by Crippen LogP contribution is 2.23. The highest BCUT2D eigenvalue weighted by Gasteiger charge is 2.28. The van der Waals surface area contributed by atoms with E-state index in [-0.39, 0.29) is 17.5 Å². The predicted octanol–water partition coefficient (Wildman–Crippen LogP) is 1.91. The highest BCUT2D eigenvalue weighted by molar-refractivity contribution is 5.94. The largest absolute Gasteiger partial charge is 0.497 e. The molecule has 1 fully saturated rings. The summed E-state index contributed by atoms with van der Waals surface area (Å²) in [5.74, 6) is 6.05. The van der Waals surface area contributed by atoms with Gasteiger partial charge in [-0.25, -0.2) is 0 Å². The summed E-state index contributed by atoms with van der Waals surface area (Å²) < 4.78 is 7.00. The summed E-state index contributed by atoms with van der Waals surface area (Å²) in [4.78, 5) is 25.4. The minimum atomic E-state index is -0.586. The van der Waals surface area contributed by atoms with Crippen molar-refractivity contribution < 1.29 is 14.3 Å². The molecule has 0 bridgehead atoms. The molecule has 0 spiro atoms. The van der Waals surface area contributed by atoms with E-state index in [0.29, 0.717) is 18.8 Å². The molecule has 3 rings (SSSR count). The first-order valence-corrected chi connectivity index (χ1v) is 9.45. The summed E-state index contributed by atoms with van der Waals surface area (Å²) >= 11 is 0. The molecular weight excluding hydrogens is 368 g/mol. The van der Waals surface area contributed by atoms with Crippen molar-refractivity contribution in [3.63, 3.8) is 0 Å². The quantitative estimate of drug-likeness (QED) is 0.622. The van der Waals surface area contributed by atoms with Gasteiger partial charge in [0.2, 0.25) is 5.91 Å². The summed E-state index contributed by atoms with van der Waals surface area (Å²) in [7, 11) is 1.61. The van der Waals surface area contributed by atoms with E-state index in [9.17, 15) is 9.59 Å². The molecule has 2 amide bonds. The molecule has 0 aliphatic carbocycles. The lowest BCUT2D eigenvalue weighted by Crippen LogP contribution is -2.27. The van der Waals surface area contributed by atoms with E-state index in [0.717, 1.165) is 29.7 Å². The normalized spacial score (nSPS) is 15.5. The zero-order chi connectivity index (χ0) is 21.0. The number of nitrogens with two attached hydrogens (primary N) is 1. The fourth-order valence-electron chi connectivity index (χ4n) is 3.32. The predicted molar refractivity (Wildman–Crippen MR) is 110 cm³/mol. The van der Waals surface area contributed by atoms with Gasteiger partial charge in [0.25, 0.3) is 5.91 Å². The van der Waals surface area contributed by atoms with Gasteiger partial charge in [-0.05, 0) is 48.6 Å². The molecule has 2 N–H and O–H groups in total. The molecule has 0 unspecified atom stereocenters. The molecule has 7 heteroatoms. The van der Waals surface area contributed by atoms with Crippen LogP contribution in [-0.2, 0) is 11.2 Å². The van der Waals surface area contributed by atoms with E-state index in [4.69, 9.17) is 10.5 Å². The number of nitrogens with zero attached hydrogens (tertiary/aromatic N) is 3. The van der Waals surface area contributed by atoms with E-state index in [1.807, 2.05) is 18.2 Å². The lowest BCUT2D eigenvalue weighted by Gasteiger charge is -2.14. The number of amides is 2. The van der Waals surface area contributed by atoms with Gasteiger partial charge in [-0.1, -0.05) is 19.4 Å². The number of hydrogen-bond donors (Lipinski definition) is 1. The Kier molecular flexibility index (Phi) is 6.03. The minimum Gasteiger partial charge on any atom is -0.497 e. The van der Waals surface area contributed by atoms with Crippen molar-refractivity contribution in [1.29, 1.82) is 0 Å². The SMILES string of the molecule is C=CC(=O)N1CC[C@H](n2cc(C(N)=O)c(C#Cc3cc(CC)cc(OC)c3)n2)C1. The van der Waals surface area contributed by atoms with Gasteiger partial charge in [-0.3, -0.25) is 14.3 Å². The Morgan fingerprint density at radius 3 is 2.83 bits per heavy atom. The van der Waals surface area contributed by atoms with Crippen LogP contribution in [0.5, 0.6) is 5.75 Å². The molecule has 7 nitrogen and oxygen atoms in total. The standard InChI is InChI=1S/C22H24N4O3/c1-4-15-10-16(12-18(11-15)29-3)6-7-20-19(22(23)28)14-26(24-20)17-8-9-25(13-17)21(27)5-2/h5,10-12,14,17H,2,4,8-9,13H2,1,3H3,(H2,23,28)/t17-/m0/s1. The van der Waals surface area contributed by atoms with Crippen LogP contribution in [0.4, 0.5) is 0 Å². The molecule has 29 heavy (non-hydrogen) atoms. The monoisotopic (exact) mass is 392 g/mol. The fourth-order valence-corrected chi connectivity index (χ4v) is 3.32. The van der Waals surface area contributed by atoms with Crippen molar-refractivity contribution in [2.45, 2.75) is 25.8 Å². The highest BCUT2D eigenvalue weighted by atomic mass is 16.5. The first-order chi connectivity index (χ1) is 13.9. The van der Waals surface area contributed by atoms with Gasteiger partial charge in [0.05, 0.1) is 18.7 Å². The zero-order valence-electron chi connectivity index (χ0n) is 16.6. The molecular formula is C22H24N4O3. The first-order valence-electron chi connectivity index (χ1n) is 9.45. The summed E-state index contributed by atoms with van der Waals surface area (Å²) in [5, 5.41) is 4.48. The molecule has 1 aromatic heterocycles. The Balaban J connectivity index is 1.90. The summed E-state index contributed by atoms with van der Waals surface area (Å²) in [6, 6.07) is 5.75. The second-order valence-electron chi connectivity index (χ2n) is 6.84. The second-order valence-corrected chi connectivity index (χ2v) is 6.84. The van der Waals surface area contributed by atoms with E-state index in [1.165, 1.54) is 6.08 Å². The van der Waals surface area contributed by atoms with Crippen LogP contribution in [0.3, 0.4) is 0 Å². The van der Waals surface area contributed by atoms with Crippen LogP contribution in [0, 0.1) is 11.8 Å². The summed E-state index contributed by atoms with van der Waals surface area (Å²) in [6.07, 6.45) is 4.51. The van der Waals surface area contributed by atoms with E-state index in [1.54, 1.807) is 22.9 Å². The number of benzene rings is 1. The van der Waals surface area contributed by atoms with Gasteiger partial charge in [-0.2, -0.15) is 5.10 Å². The van der Waals surface area contributed by atoms with Gasteiger partial charge in [0, 0.05) is 24.8 Å². The number of methoxy groups -OCH3 is 1. The number of hydrogen-bond acceptors (Lipinski definition) is 4. The molecule has 150 valence electrons. The van der Waals surface area contributed by atoms with Crippen molar-refractivity contribution in [3.05, 3.63) is 59.4 Å². The van der Waals surface area contributed by atoms with Crippen LogP contribution < -0.4 is 10.5 Å². The molecule has 0 saturated carbocycles. The van der Waals surface area contributed by atoms with Crippen LogP contribution in [0.15, 0.2) is 37.1 Å². The van der Waals surface area contributed by atoms with Gasteiger partial charge < -0.3 is 15.4 Å². The smallest absolute Gasteiger partial charge is 0.253 e. The Bertz CT molecular complexity index is 991. The average Bonchev–Trinajstić information content (AvgIpc) is 3.38. The Hall–Kier alpha value is -3.53. The Morgan fingerprint density at radius 1 is 1.38 bits per heavy atom. The van der Waals surface area contributed by atoms with E-state index >= 15 is 0 Å². The van der Waals surface area contributed by atoms with Crippen LogP contribution in [0.25, 0.3) is 0 Å². The van der Waals surface area contributed by atoms with Crippen LogP contribution in [0.2, 0.25) is 0 Å².